The van der Waals surface area contributed by atoms with E-state index in [1.807, 2.05) is 0 Å². The van der Waals surface area contributed by atoms with Crippen molar-refractivity contribution >= 4 is 11.6 Å². The smallest absolute Gasteiger partial charge is 0.125 e. The van der Waals surface area contributed by atoms with Crippen molar-refractivity contribution in [3.05, 3.63) is 41.3 Å². The second-order valence-electron chi connectivity index (χ2n) is 2.54. The van der Waals surface area contributed by atoms with Crippen molar-refractivity contribution in [3.63, 3.8) is 0 Å². The molecule has 1 N–H and O–H groups in total. The molecule has 0 bridgehead atoms. The Morgan fingerprint density at radius 3 is 2.85 bits per heavy atom. The molecule has 0 aliphatic heterocycles. The predicted molar refractivity (Wildman–Crippen MR) is 47.8 cm³/mol. The van der Waals surface area contributed by atoms with Gasteiger partial charge in [0, 0.05) is 22.8 Å². The third-order valence-electron chi connectivity index (χ3n) is 1.59. The molecule has 1 radical (unpaired) electrons. The lowest BCUT2D eigenvalue weighted by Gasteiger charge is -1.97. The van der Waals surface area contributed by atoms with Crippen LogP contribution in [0.1, 0.15) is 0 Å². The first-order chi connectivity index (χ1) is 6.25. The van der Waals surface area contributed by atoms with E-state index in [4.69, 9.17) is 11.6 Å². The van der Waals surface area contributed by atoms with E-state index in [-0.39, 0.29) is 5.82 Å². The summed E-state index contributed by atoms with van der Waals surface area (Å²) in [5, 5.41) is 6.81. The number of H-pyrrole nitrogens is 1. The van der Waals surface area contributed by atoms with Crippen LogP contribution in [-0.2, 0) is 0 Å². The second kappa shape index (κ2) is 3.18. The van der Waals surface area contributed by atoms with Crippen LogP contribution in [-0.4, -0.2) is 10.2 Å². The number of hydrogen-bond donors (Lipinski definition) is 1. The van der Waals surface area contributed by atoms with E-state index in [2.05, 4.69) is 16.3 Å². The summed E-state index contributed by atoms with van der Waals surface area (Å²) in [7, 11) is 0. The first-order valence-corrected chi connectivity index (χ1v) is 4.01. The Bertz CT molecular complexity index is 391. The zero-order valence-corrected chi connectivity index (χ0v) is 7.27. The molecule has 0 saturated heterocycles. The van der Waals surface area contributed by atoms with Gasteiger partial charge in [0.05, 0.1) is 0 Å². The van der Waals surface area contributed by atoms with E-state index in [0.29, 0.717) is 16.3 Å². The fourth-order valence-corrected chi connectivity index (χ4v) is 1.29. The van der Waals surface area contributed by atoms with Gasteiger partial charge in [0.2, 0.25) is 0 Å². The van der Waals surface area contributed by atoms with Crippen LogP contribution in [0.2, 0.25) is 5.02 Å². The number of hydrogen-bond acceptors (Lipinski definition) is 1. The predicted octanol–water partition coefficient (Wildman–Crippen LogP) is 2.67. The summed E-state index contributed by atoms with van der Waals surface area (Å²) in [4.78, 5) is 0. The van der Waals surface area contributed by atoms with Crippen LogP contribution in [0.15, 0.2) is 24.4 Å². The molecule has 2 rings (SSSR count). The largest absolute Gasteiger partial charge is 0.284 e. The Morgan fingerprint density at radius 2 is 2.23 bits per heavy atom. The standard InChI is InChI=1S/C9H5ClFN2/c10-7-3-6(4-8(11)5-7)9-1-2-12-13-9/h2-5H,(H,12,13). The van der Waals surface area contributed by atoms with Gasteiger partial charge in [-0.2, -0.15) is 5.10 Å². The second-order valence-corrected chi connectivity index (χ2v) is 2.97. The highest BCUT2D eigenvalue weighted by Gasteiger charge is 2.03. The van der Waals surface area contributed by atoms with Gasteiger partial charge in [-0.3, -0.25) is 5.10 Å². The van der Waals surface area contributed by atoms with Crippen LogP contribution < -0.4 is 0 Å². The summed E-state index contributed by atoms with van der Waals surface area (Å²) >= 11 is 5.68. The summed E-state index contributed by atoms with van der Waals surface area (Å²) < 4.78 is 12.9. The van der Waals surface area contributed by atoms with Gasteiger partial charge >= 0.3 is 0 Å². The van der Waals surface area contributed by atoms with Crippen molar-refractivity contribution in [2.45, 2.75) is 0 Å². The zero-order valence-electron chi connectivity index (χ0n) is 6.51. The third kappa shape index (κ3) is 1.70. The van der Waals surface area contributed by atoms with Crippen LogP contribution in [0.25, 0.3) is 11.3 Å². The van der Waals surface area contributed by atoms with Crippen LogP contribution in [0.3, 0.4) is 0 Å². The number of aromatic amines is 1. The van der Waals surface area contributed by atoms with Gasteiger partial charge in [-0.05, 0) is 18.2 Å². The summed E-state index contributed by atoms with van der Waals surface area (Å²) in [6.45, 7) is 0. The Kier molecular flexibility index (Phi) is 2.02. The zero-order chi connectivity index (χ0) is 9.26. The molecule has 0 amide bonds. The maximum Gasteiger partial charge on any atom is 0.125 e. The van der Waals surface area contributed by atoms with Crippen molar-refractivity contribution < 1.29 is 4.39 Å². The summed E-state index contributed by atoms with van der Waals surface area (Å²) in [5.41, 5.74) is 1.17. The summed E-state index contributed by atoms with van der Waals surface area (Å²) in [6.07, 6.45) is 1.55. The van der Waals surface area contributed by atoms with Crippen LogP contribution in [0.4, 0.5) is 4.39 Å². The maximum atomic E-state index is 12.9. The SMILES string of the molecule is Fc1cc(Cl)cc(-c2[c]c[nH]n2)c1. The fourth-order valence-electron chi connectivity index (χ4n) is 1.07. The quantitative estimate of drug-likeness (QED) is 0.745. The lowest BCUT2D eigenvalue weighted by molar-refractivity contribution is 0.628. The molecule has 65 valence electrons. The highest BCUT2D eigenvalue weighted by molar-refractivity contribution is 6.30. The van der Waals surface area contributed by atoms with Gasteiger partial charge in [-0.15, -0.1) is 0 Å². The van der Waals surface area contributed by atoms with Gasteiger partial charge in [0.1, 0.15) is 11.5 Å². The topological polar surface area (TPSA) is 28.7 Å². The third-order valence-corrected chi connectivity index (χ3v) is 1.80. The molecule has 0 aliphatic rings. The van der Waals surface area contributed by atoms with Crippen LogP contribution in [0.5, 0.6) is 0 Å². The highest BCUT2D eigenvalue weighted by atomic mass is 35.5. The van der Waals surface area contributed by atoms with Crippen molar-refractivity contribution in [2.24, 2.45) is 0 Å². The molecule has 0 saturated carbocycles. The molecule has 13 heavy (non-hydrogen) atoms. The normalized spacial score (nSPS) is 10.3. The Labute approximate surface area is 79.4 Å². The first kappa shape index (κ1) is 8.26. The van der Waals surface area contributed by atoms with Crippen molar-refractivity contribution in [3.8, 4) is 11.3 Å². The van der Waals surface area contributed by atoms with E-state index < -0.39 is 0 Å². The molecule has 0 atom stereocenters. The van der Waals surface area contributed by atoms with E-state index in [9.17, 15) is 4.39 Å². The molecular formula is C9H5ClFN2. The molecular weight excluding hydrogens is 191 g/mol. The monoisotopic (exact) mass is 195 g/mol. The molecule has 1 heterocycles. The van der Waals surface area contributed by atoms with Gasteiger partial charge < -0.3 is 0 Å². The van der Waals surface area contributed by atoms with Crippen LogP contribution >= 0.6 is 11.6 Å². The summed E-state index contributed by atoms with van der Waals surface area (Å²) in [5.74, 6) is -0.376. The van der Waals surface area contributed by atoms with Gasteiger partial charge in [-0.1, -0.05) is 11.6 Å². The lowest BCUT2D eigenvalue weighted by atomic mass is 10.1. The minimum Gasteiger partial charge on any atom is -0.284 e. The molecule has 1 aromatic carbocycles. The molecule has 1 aromatic heterocycles. The number of nitrogens with zero attached hydrogens (tertiary/aromatic N) is 1. The first-order valence-electron chi connectivity index (χ1n) is 3.63. The molecule has 0 aliphatic carbocycles. The minimum absolute atomic E-state index is 0.353. The number of aromatic nitrogens is 2. The molecule has 4 heteroatoms. The average Bonchev–Trinajstić information content (AvgIpc) is 2.53. The molecule has 0 unspecified atom stereocenters. The molecule has 2 nitrogen and oxygen atoms in total. The highest BCUT2D eigenvalue weighted by Crippen LogP contribution is 2.21. The Balaban J connectivity index is 2.53. The van der Waals surface area contributed by atoms with Crippen molar-refractivity contribution in [1.29, 1.82) is 0 Å². The van der Waals surface area contributed by atoms with E-state index in [0.717, 1.165) is 0 Å². The van der Waals surface area contributed by atoms with Crippen molar-refractivity contribution in [2.75, 3.05) is 0 Å². The maximum absolute atomic E-state index is 12.9. The van der Waals surface area contributed by atoms with E-state index in [1.54, 1.807) is 12.3 Å². The number of halogens is 2. The lowest BCUT2D eigenvalue weighted by Crippen LogP contribution is -1.81. The van der Waals surface area contributed by atoms with E-state index >= 15 is 0 Å². The van der Waals surface area contributed by atoms with Gasteiger partial charge in [0.15, 0.2) is 0 Å². The Morgan fingerprint density at radius 1 is 1.38 bits per heavy atom. The fraction of sp³-hybridized carbons (Fsp3) is 0. The summed E-state index contributed by atoms with van der Waals surface area (Å²) in [6, 6.07) is 7.06. The minimum atomic E-state index is -0.376. The molecule has 0 spiro atoms. The average molecular weight is 196 g/mol. The van der Waals surface area contributed by atoms with Gasteiger partial charge in [0.25, 0.3) is 0 Å². The van der Waals surface area contributed by atoms with Crippen LogP contribution in [0, 0.1) is 11.9 Å². The molecule has 0 fully saturated rings. The van der Waals surface area contributed by atoms with E-state index in [1.165, 1.54) is 12.1 Å². The number of benzene rings is 1. The number of nitrogens with one attached hydrogen (secondary N) is 1. The Hall–Kier alpha value is -1.35. The molecule has 2 aromatic rings. The van der Waals surface area contributed by atoms with Gasteiger partial charge in [-0.25, -0.2) is 4.39 Å². The number of rotatable bonds is 1. The van der Waals surface area contributed by atoms with Crippen molar-refractivity contribution in [1.82, 2.24) is 10.2 Å².